The van der Waals surface area contributed by atoms with Crippen molar-refractivity contribution < 1.29 is 0 Å². The van der Waals surface area contributed by atoms with Crippen LogP contribution in [-0.2, 0) is 6.42 Å². The lowest BCUT2D eigenvalue weighted by atomic mass is 10.2. The summed E-state index contributed by atoms with van der Waals surface area (Å²) in [6.45, 7) is 2.13. The van der Waals surface area contributed by atoms with Gasteiger partial charge in [-0.05, 0) is 24.1 Å². The molecule has 0 atom stereocenters. The highest BCUT2D eigenvalue weighted by atomic mass is 127. The van der Waals surface area contributed by atoms with Crippen molar-refractivity contribution in [3.63, 3.8) is 0 Å². The fourth-order valence-electron chi connectivity index (χ4n) is 0.618. The summed E-state index contributed by atoms with van der Waals surface area (Å²) >= 11 is 0. The standard InChI is InChI=1S/C7H9N.HI/c1-2-7-3-5-8-6-4-7;/h3-6H,2H2,1H3;1H. The lowest BCUT2D eigenvalue weighted by Gasteiger charge is -1.89. The summed E-state index contributed by atoms with van der Waals surface area (Å²) in [5, 5.41) is 0. The van der Waals surface area contributed by atoms with Crippen molar-refractivity contribution in [2.75, 3.05) is 0 Å². The number of rotatable bonds is 1. The van der Waals surface area contributed by atoms with Crippen LogP contribution in [0.25, 0.3) is 0 Å². The Morgan fingerprint density at radius 2 is 1.89 bits per heavy atom. The topological polar surface area (TPSA) is 12.9 Å². The van der Waals surface area contributed by atoms with Crippen LogP contribution in [0.2, 0.25) is 0 Å². The predicted molar refractivity (Wildman–Crippen MR) is 49.0 cm³/mol. The van der Waals surface area contributed by atoms with E-state index in [9.17, 15) is 0 Å². The Kier molecular flexibility index (Phi) is 4.67. The summed E-state index contributed by atoms with van der Waals surface area (Å²) < 4.78 is 0. The Hall–Kier alpha value is -0.120. The van der Waals surface area contributed by atoms with E-state index in [0.717, 1.165) is 6.42 Å². The van der Waals surface area contributed by atoms with Crippen LogP contribution in [-0.4, -0.2) is 4.98 Å². The molecular weight excluding hydrogens is 225 g/mol. The minimum atomic E-state index is 0. The molecule has 9 heavy (non-hydrogen) atoms. The van der Waals surface area contributed by atoms with Gasteiger partial charge in [-0.25, -0.2) is 0 Å². The van der Waals surface area contributed by atoms with Gasteiger partial charge in [-0.1, -0.05) is 6.92 Å². The second-order valence-corrected chi connectivity index (χ2v) is 1.71. The van der Waals surface area contributed by atoms with Gasteiger partial charge in [0.05, 0.1) is 0 Å². The molecule has 0 bridgehead atoms. The number of halogens is 1. The molecule has 0 aliphatic heterocycles. The molecule has 0 spiro atoms. The number of aromatic nitrogens is 1. The fraction of sp³-hybridized carbons (Fsp3) is 0.286. The molecule has 0 N–H and O–H groups in total. The Labute approximate surface area is 72.5 Å². The van der Waals surface area contributed by atoms with Gasteiger partial charge in [0.2, 0.25) is 0 Å². The van der Waals surface area contributed by atoms with Gasteiger partial charge in [-0.3, -0.25) is 4.98 Å². The summed E-state index contributed by atoms with van der Waals surface area (Å²) in [6, 6.07) is 4.06. The smallest absolute Gasteiger partial charge is 0.0270 e. The quantitative estimate of drug-likeness (QED) is 0.680. The van der Waals surface area contributed by atoms with E-state index in [1.54, 1.807) is 0 Å². The van der Waals surface area contributed by atoms with Crippen LogP contribution in [0.5, 0.6) is 0 Å². The molecule has 50 valence electrons. The zero-order valence-electron chi connectivity index (χ0n) is 5.37. The summed E-state index contributed by atoms with van der Waals surface area (Å²) in [4.78, 5) is 3.89. The normalized spacial score (nSPS) is 8.11. The SMILES string of the molecule is CCc1ccncc1.I. The first-order valence-electron chi connectivity index (χ1n) is 2.82. The lowest BCUT2D eigenvalue weighted by molar-refractivity contribution is 1.12. The molecule has 0 fully saturated rings. The van der Waals surface area contributed by atoms with Gasteiger partial charge in [-0.2, -0.15) is 0 Å². The highest BCUT2D eigenvalue weighted by Gasteiger charge is 1.80. The number of hydrogen-bond acceptors (Lipinski definition) is 1. The van der Waals surface area contributed by atoms with Crippen LogP contribution < -0.4 is 0 Å². The van der Waals surface area contributed by atoms with Crippen molar-refractivity contribution in [3.05, 3.63) is 30.1 Å². The lowest BCUT2D eigenvalue weighted by Crippen LogP contribution is -1.76. The Balaban J connectivity index is 0.000000640. The van der Waals surface area contributed by atoms with Crippen molar-refractivity contribution in [2.24, 2.45) is 0 Å². The maximum Gasteiger partial charge on any atom is 0.0270 e. The van der Waals surface area contributed by atoms with Crippen LogP contribution in [0, 0.1) is 0 Å². The van der Waals surface area contributed by atoms with E-state index in [1.165, 1.54) is 5.56 Å². The third-order valence-corrected chi connectivity index (χ3v) is 1.16. The second-order valence-electron chi connectivity index (χ2n) is 1.71. The molecular formula is C7H10IN. The molecule has 1 aromatic rings. The summed E-state index contributed by atoms with van der Waals surface area (Å²) in [5.74, 6) is 0. The number of hydrogen-bond donors (Lipinski definition) is 0. The molecule has 2 heteroatoms. The zero-order chi connectivity index (χ0) is 5.82. The van der Waals surface area contributed by atoms with Gasteiger partial charge in [0.15, 0.2) is 0 Å². The Morgan fingerprint density at radius 1 is 1.33 bits per heavy atom. The number of pyridine rings is 1. The largest absolute Gasteiger partial charge is 0.265 e. The Bertz CT molecular complexity index is 150. The average molecular weight is 235 g/mol. The molecule has 0 amide bonds. The van der Waals surface area contributed by atoms with Crippen LogP contribution >= 0.6 is 24.0 Å². The van der Waals surface area contributed by atoms with Crippen LogP contribution in [0.1, 0.15) is 12.5 Å². The summed E-state index contributed by atoms with van der Waals surface area (Å²) in [5.41, 5.74) is 1.35. The highest BCUT2D eigenvalue weighted by Crippen LogP contribution is 1.94. The maximum absolute atomic E-state index is 3.89. The molecule has 0 radical (unpaired) electrons. The fourth-order valence-corrected chi connectivity index (χ4v) is 0.618. The highest BCUT2D eigenvalue weighted by molar-refractivity contribution is 14.0. The average Bonchev–Trinajstić information content (AvgIpc) is 1.90. The first-order valence-corrected chi connectivity index (χ1v) is 2.82. The molecule has 1 heterocycles. The van der Waals surface area contributed by atoms with Gasteiger partial charge in [0, 0.05) is 12.4 Å². The van der Waals surface area contributed by atoms with Gasteiger partial charge in [0.25, 0.3) is 0 Å². The van der Waals surface area contributed by atoms with E-state index in [0.29, 0.717) is 0 Å². The zero-order valence-corrected chi connectivity index (χ0v) is 7.70. The van der Waals surface area contributed by atoms with Crippen molar-refractivity contribution in [2.45, 2.75) is 13.3 Å². The maximum atomic E-state index is 3.89. The van der Waals surface area contributed by atoms with Crippen molar-refractivity contribution in [3.8, 4) is 0 Å². The van der Waals surface area contributed by atoms with E-state index in [4.69, 9.17) is 0 Å². The van der Waals surface area contributed by atoms with Gasteiger partial charge >= 0.3 is 0 Å². The van der Waals surface area contributed by atoms with E-state index in [1.807, 2.05) is 24.5 Å². The summed E-state index contributed by atoms with van der Waals surface area (Å²) in [7, 11) is 0. The third kappa shape index (κ3) is 2.79. The predicted octanol–water partition coefficient (Wildman–Crippen LogP) is 2.26. The van der Waals surface area contributed by atoms with Crippen LogP contribution in [0.4, 0.5) is 0 Å². The van der Waals surface area contributed by atoms with Crippen molar-refractivity contribution in [1.29, 1.82) is 0 Å². The van der Waals surface area contributed by atoms with Gasteiger partial charge in [-0.15, -0.1) is 24.0 Å². The van der Waals surface area contributed by atoms with E-state index < -0.39 is 0 Å². The molecule has 0 aliphatic rings. The van der Waals surface area contributed by atoms with E-state index >= 15 is 0 Å². The minimum Gasteiger partial charge on any atom is -0.265 e. The first-order chi connectivity index (χ1) is 3.93. The second kappa shape index (κ2) is 4.73. The molecule has 0 aromatic carbocycles. The first kappa shape index (κ1) is 8.88. The molecule has 0 aliphatic carbocycles. The van der Waals surface area contributed by atoms with Gasteiger partial charge in [0.1, 0.15) is 0 Å². The summed E-state index contributed by atoms with van der Waals surface area (Å²) in [6.07, 6.45) is 4.74. The molecule has 0 saturated carbocycles. The van der Waals surface area contributed by atoms with Crippen molar-refractivity contribution in [1.82, 2.24) is 4.98 Å². The molecule has 1 aromatic heterocycles. The van der Waals surface area contributed by atoms with Crippen LogP contribution in [0.15, 0.2) is 24.5 Å². The monoisotopic (exact) mass is 235 g/mol. The van der Waals surface area contributed by atoms with Gasteiger partial charge < -0.3 is 0 Å². The van der Waals surface area contributed by atoms with Crippen molar-refractivity contribution >= 4 is 24.0 Å². The van der Waals surface area contributed by atoms with E-state index in [2.05, 4.69) is 11.9 Å². The third-order valence-electron chi connectivity index (χ3n) is 1.16. The molecule has 0 unspecified atom stereocenters. The van der Waals surface area contributed by atoms with E-state index in [-0.39, 0.29) is 24.0 Å². The number of nitrogens with zero attached hydrogens (tertiary/aromatic N) is 1. The Morgan fingerprint density at radius 3 is 2.22 bits per heavy atom. The molecule has 1 rings (SSSR count). The number of aryl methyl sites for hydroxylation is 1. The van der Waals surface area contributed by atoms with Crippen LogP contribution in [0.3, 0.4) is 0 Å². The minimum absolute atomic E-state index is 0. The molecule has 1 nitrogen and oxygen atoms in total. The molecule has 0 saturated heterocycles.